The average molecular weight is 225 g/mol. The van der Waals surface area contributed by atoms with Crippen LogP contribution in [0.4, 0.5) is 0 Å². The minimum Gasteiger partial charge on any atom is -0.299 e. The second-order valence-electron chi connectivity index (χ2n) is 4.24. The van der Waals surface area contributed by atoms with Crippen LogP contribution in [-0.4, -0.2) is 5.78 Å². The fourth-order valence-electron chi connectivity index (χ4n) is 1.39. The lowest BCUT2D eigenvalue weighted by atomic mass is 10.0. The van der Waals surface area contributed by atoms with Gasteiger partial charge in [-0.15, -0.1) is 0 Å². The van der Waals surface area contributed by atoms with Crippen molar-refractivity contribution in [2.75, 3.05) is 0 Å². The number of hydrogen-bond donors (Lipinski definition) is 0. The summed E-state index contributed by atoms with van der Waals surface area (Å²) in [6, 6.07) is 7.53. The van der Waals surface area contributed by atoms with Gasteiger partial charge in [0.15, 0.2) is 0 Å². The molecule has 0 unspecified atom stereocenters. The van der Waals surface area contributed by atoms with Crippen LogP contribution in [-0.2, 0) is 11.2 Å². The van der Waals surface area contributed by atoms with Gasteiger partial charge in [-0.3, -0.25) is 4.79 Å². The zero-order chi connectivity index (χ0) is 11.3. The lowest BCUT2D eigenvalue weighted by Gasteiger charge is -2.05. The fourth-order valence-corrected chi connectivity index (χ4v) is 1.59. The Balaban J connectivity index is 2.48. The van der Waals surface area contributed by atoms with Crippen LogP contribution in [0.5, 0.6) is 0 Å². The first-order chi connectivity index (χ1) is 7.09. The van der Waals surface area contributed by atoms with E-state index in [4.69, 9.17) is 11.6 Å². The standard InChI is InChI=1S/C13H17ClO/c1-10(2)7-8-12(15)9-11-5-3-4-6-13(11)14/h3-6,10H,7-9H2,1-2H3. The summed E-state index contributed by atoms with van der Waals surface area (Å²) in [5, 5.41) is 0.690. The Labute approximate surface area is 96.5 Å². The Morgan fingerprint density at radius 1 is 1.33 bits per heavy atom. The zero-order valence-corrected chi connectivity index (χ0v) is 10.1. The van der Waals surface area contributed by atoms with Crippen molar-refractivity contribution < 1.29 is 4.79 Å². The molecule has 0 amide bonds. The molecule has 1 nitrogen and oxygen atoms in total. The number of benzene rings is 1. The Morgan fingerprint density at radius 2 is 2.00 bits per heavy atom. The van der Waals surface area contributed by atoms with Crippen molar-refractivity contribution in [3.8, 4) is 0 Å². The van der Waals surface area contributed by atoms with Gasteiger partial charge in [-0.05, 0) is 24.0 Å². The maximum absolute atomic E-state index is 11.6. The maximum Gasteiger partial charge on any atom is 0.137 e. The molecule has 82 valence electrons. The molecule has 1 aromatic carbocycles. The predicted molar refractivity (Wildman–Crippen MR) is 64.2 cm³/mol. The molecule has 15 heavy (non-hydrogen) atoms. The molecule has 2 heteroatoms. The van der Waals surface area contributed by atoms with E-state index in [1.54, 1.807) is 0 Å². The summed E-state index contributed by atoms with van der Waals surface area (Å²) in [6.45, 7) is 4.26. The summed E-state index contributed by atoms with van der Waals surface area (Å²) in [5.41, 5.74) is 0.938. The van der Waals surface area contributed by atoms with Crippen LogP contribution in [0.3, 0.4) is 0 Å². The van der Waals surface area contributed by atoms with Gasteiger partial charge in [0.1, 0.15) is 5.78 Å². The Kier molecular flexibility index (Phi) is 4.83. The van der Waals surface area contributed by atoms with Crippen LogP contribution < -0.4 is 0 Å². The molecule has 0 heterocycles. The van der Waals surface area contributed by atoms with E-state index in [2.05, 4.69) is 13.8 Å². The monoisotopic (exact) mass is 224 g/mol. The van der Waals surface area contributed by atoms with Crippen molar-refractivity contribution >= 4 is 17.4 Å². The van der Waals surface area contributed by atoms with Crippen molar-refractivity contribution in [3.63, 3.8) is 0 Å². The molecule has 0 aliphatic heterocycles. The number of hydrogen-bond acceptors (Lipinski definition) is 1. The van der Waals surface area contributed by atoms with Crippen molar-refractivity contribution in [1.82, 2.24) is 0 Å². The highest BCUT2D eigenvalue weighted by Crippen LogP contribution is 2.16. The van der Waals surface area contributed by atoms with Crippen LogP contribution in [0.1, 0.15) is 32.3 Å². The molecule has 0 aliphatic rings. The van der Waals surface area contributed by atoms with E-state index in [1.807, 2.05) is 24.3 Å². The van der Waals surface area contributed by atoms with Crippen molar-refractivity contribution in [2.45, 2.75) is 33.1 Å². The minimum absolute atomic E-state index is 0.275. The summed E-state index contributed by atoms with van der Waals surface area (Å²) in [5.74, 6) is 0.858. The number of carbonyl (C=O) groups is 1. The summed E-state index contributed by atoms with van der Waals surface area (Å²) < 4.78 is 0. The molecule has 0 spiro atoms. The van der Waals surface area contributed by atoms with Crippen LogP contribution in [0.2, 0.25) is 5.02 Å². The Bertz CT molecular complexity index is 331. The fraction of sp³-hybridized carbons (Fsp3) is 0.462. The Morgan fingerprint density at radius 3 is 2.60 bits per heavy atom. The largest absolute Gasteiger partial charge is 0.299 e. The molecule has 0 N–H and O–H groups in total. The average Bonchev–Trinajstić information content (AvgIpc) is 2.18. The van der Waals surface area contributed by atoms with E-state index >= 15 is 0 Å². The summed E-state index contributed by atoms with van der Waals surface area (Å²) >= 11 is 5.98. The summed E-state index contributed by atoms with van der Waals surface area (Å²) in [6.07, 6.45) is 2.08. The van der Waals surface area contributed by atoms with Crippen molar-refractivity contribution in [2.24, 2.45) is 5.92 Å². The molecule has 0 saturated heterocycles. The topological polar surface area (TPSA) is 17.1 Å². The minimum atomic E-state index is 0.275. The highest BCUT2D eigenvalue weighted by molar-refractivity contribution is 6.31. The number of halogens is 1. The molecule has 0 atom stereocenters. The van der Waals surface area contributed by atoms with Gasteiger partial charge >= 0.3 is 0 Å². The second kappa shape index (κ2) is 5.92. The number of Topliss-reactive ketones (excluding diaryl/α,β-unsaturated/α-hetero) is 1. The molecule has 0 saturated carbocycles. The molecule has 1 rings (SSSR count). The van der Waals surface area contributed by atoms with Crippen molar-refractivity contribution in [1.29, 1.82) is 0 Å². The lowest BCUT2D eigenvalue weighted by Crippen LogP contribution is -2.04. The van der Waals surface area contributed by atoms with E-state index in [9.17, 15) is 4.79 Å². The summed E-state index contributed by atoms with van der Waals surface area (Å²) in [4.78, 5) is 11.6. The van der Waals surface area contributed by atoms with Crippen LogP contribution in [0, 0.1) is 5.92 Å². The van der Waals surface area contributed by atoms with Crippen LogP contribution >= 0.6 is 11.6 Å². The van der Waals surface area contributed by atoms with Gasteiger partial charge in [0.05, 0.1) is 0 Å². The third-order valence-corrected chi connectivity index (χ3v) is 2.71. The maximum atomic E-state index is 11.6. The number of carbonyl (C=O) groups excluding carboxylic acids is 1. The Hall–Kier alpha value is -0.820. The van der Waals surface area contributed by atoms with Gasteiger partial charge in [-0.1, -0.05) is 43.6 Å². The molecule has 0 bridgehead atoms. The molecule has 0 fully saturated rings. The first-order valence-electron chi connectivity index (χ1n) is 5.34. The van der Waals surface area contributed by atoms with Crippen molar-refractivity contribution in [3.05, 3.63) is 34.9 Å². The molecule has 1 aromatic rings. The molecular formula is C13H17ClO. The van der Waals surface area contributed by atoms with E-state index in [-0.39, 0.29) is 5.78 Å². The summed E-state index contributed by atoms with van der Waals surface area (Å²) in [7, 11) is 0. The predicted octanol–water partition coefficient (Wildman–Crippen LogP) is 3.89. The SMILES string of the molecule is CC(C)CCC(=O)Cc1ccccc1Cl. The van der Waals surface area contributed by atoms with Gasteiger partial charge in [0.2, 0.25) is 0 Å². The third kappa shape index (κ3) is 4.48. The van der Waals surface area contributed by atoms with Crippen LogP contribution in [0.15, 0.2) is 24.3 Å². The zero-order valence-electron chi connectivity index (χ0n) is 9.29. The number of ketones is 1. The van der Waals surface area contributed by atoms with Gasteiger partial charge in [0, 0.05) is 17.9 Å². The normalized spacial score (nSPS) is 10.7. The van der Waals surface area contributed by atoms with E-state index in [0.717, 1.165) is 12.0 Å². The van der Waals surface area contributed by atoms with Gasteiger partial charge in [-0.25, -0.2) is 0 Å². The lowest BCUT2D eigenvalue weighted by molar-refractivity contribution is -0.118. The quantitative estimate of drug-likeness (QED) is 0.742. The van der Waals surface area contributed by atoms with E-state index < -0.39 is 0 Å². The van der Waals surface area contributed by atoms with Gasteiger partial charge < -0.3 is 0 Å². The van der Waals surface area contributed by atoms with Crippen LogP contribution in [0.25, 0.3) is 0 Å². The highest BCUT2D eigenvalue weighted by atomic mass is 35.5. The highest BCUT2D eigenvalue weighted by Gasteiger charge is 2.07. The first-order valence-corrected chi connectivity index (χ1v) is 5.72. The number of rotatable bonds is 5. The van der Waals surface area contributed by atoms with E-state index in [0.29, 0.717) is 23.8 Å². The molecule has 0 radical (unpaired) electrons. The van der Waals surface area contributed by atoms with E-state index in [1.165, 1.54) is 0 Å². The smallest absolute Gasteiger partial charge is 0.137 e. The third-order valence-electron chi connectivity index (χ3n) is 2.35. The molecular weight excluding hydrogens is 208 g/mol. The van der Waals surface area contributed by atoms with Gasteiger partial charge in [0.25, 0.3) is 0 Å². The molecule has 0 aromatic heterocycles. The molecule has 0 aliphatic carbocycles. The van der Waals surface area contributed by atoms with Gasteiger partial charge in [-0.2, -0.15) is 0 Å². The first kappa shape index (κ1) is 12.3. The second-order valence-corrected chi connectivity index (χ2v) is 4.65.